The van der Waals surface area contributed by atoms with Crippen molar-refractivity contribution in [3.63, 3.8) is 0 Å². The number of rotatable bonds is 4. The van der Waals surface area contributed by atoms with Gasteiger partial charge in [-0.1, -0.05) is 55.2 Å². The molecule has 1 aromatic rings. The fraction of sp³-hybridized carbons (Fsp3) is 0.533. The van der Waals surface area contributed by atoms with E-state index in [2.05, 4.69) is 11.9 Å². The summed E-state index contributed by atoms with van der Waals surface area (Å²) in [6.45, 7) is 0. The average molecular weight is 297 g/mol. The Labute approximate surface area is 125 Å². The zero-order chi connectivity index (χ0) is 13.8. The zero-order valence-corrected chi connectivity index (χ0v) is 12.9. The maximum Gasteiger partial charge on any atom is 0.0948 e. The van der Waals surface area contributed by atoms with Gasteiger partial charge in [0.15, 0.2) is 0 Å². The Morgan fingerprint density at radius 3 is 2.37 bits per heavy atom. The number of nitrogens with two attached hydrogens (primary N) is 1. The van der Waals surface area contributed by atoms with Gasteiger partial charge in [0.05, 0.1) is 11.0 Å². The molecule has 2 N–H and O–H groups in total. The highest BCUT2D eigenvalue weighted by atomic mass is 35.5. The Hall–Kier alpha value is -0.640. The zero-order valence-electron chi connectivity index (χ0n) is 11.3. The molecule has 2 rings (SSSR count). The van der Waals surface area contributed by atoms with E-state index in [9.17, 15) is 0 Å². The lowest BCUT2D eigenvalue weighted by Gasteiger charge is -2.37. The second-order valence-electron chi connectivity index (χ2n) is 5.31. The molecule has 0 aromatic heterocycles. The number of likely N-dealkylation sites (N-methyl/N-ethyl adjacent to an activating group) is 1. The van der Waals surface area contributed by atoms with E-state index in [-0.39, 0.29) is 6.04 Å². The van der Waals surface area contributed by atoms with Crippen LogP contribution in [0.2, 0.25) is 5.02 Å². The summed E-state index contributed by atoms with van der Waals surface area (Å²) in [5.41, 5.74) is 7.10. The molecule has 4 heteroatoms. The van der Waals surface area contributed by atoms with E-state index in [4.69, 9.17) is 29.6 Å². The lowest BCUT2D eigenvalue weighted by molar-refractivity contribution is 0.170. The molecule has 104 valence electrons. The summed E-state index contributed by atoms with van der Waals surface area (Å²) in [4.78, 5) is 2.88. The van der Waals surface area contributed by atoms with Crippen LogP contribution < -0.4 is 5.73 Å². The summed E-state index contributed by atoms with van der Waals surface area (Å²) in [5, 5.41) is 0.741. The van der Waals surface area contributed by atoms with Crippen molar-refractivity contribution >= 4 is 28.8 Å². The summed E-state index contributed by atoms with van der Waals surface area (Å²) in [6.07, 6.45) is 6.44. The third-order valence-electron chi connectivity index (χ3n) is 4.01. The van der Waals surface area contributed by atoms with Crippen LogP contribution in [0.25, 0.3) is 0 Å². The van der Waals surface area contributed by atoms with Gasteiger partial charge < -0.3 is 5.73 Å². The molecule has 1 aliphatic carbocycles. The van der Waals surface area contributed by atoms with Crippen LogP contribution in [-0.4, -0.2) is 23.0 Å². The molecule has 1 unspecified atom stereocenters. The molecule has 1 aromatic carbocycles. The first kappa shape index (κ1) is 14.8. The fourth-order valence-electron chi connectivity index (χ4n) is 2.94. The first-order chi connectivity index (χ1) is 9.09. The Morgan fingerprint density at radius 1 is 1.26 bits per heavy atom. The molecule has 0 heterocycles. The molecular weight excluding hydrogens is 276 g/mol. The van der Waals surface area contributed by atoms with Gasteiger partial charge >= 0.3 is 0 Å². The molecular formula is C15H21ClN2S. The Kier molecular flexibility index (Phi) is 5.20. The molecule has 2 nitrogen and oxygen atoms in total. The van der Waals surface area contributed by atoms with Crippen LogP contribution in [0.15, 0.2) is 24.3 Å². The van der Waals surface area contributed by atoms with Crippen LogP contribution in [0.5, 0.6) is 0 Å². The Morgan fingerprint density at radius 2 is 1.84 bits per heavy atom. The minimum atomic E-state index is 0.00960. The molecule has 1 saturated carbocycles. The third kappa shape index (κ3) is 3.68. The number of benzene rings is 1. The van der Waals surface area contributed by atoms with E-state index in [0.717, 1.165) is 10.6 Å². The SMILES string of the molecule is CN(C1CCCCC1)C(C(N)=S)c1ccc(Cl)cc1. The maximum atomic E-state index is 5.97. The first-order valence-electron chi connectivity index (χ1n) is 6.86. The summed E-state index contributed by atoms with van der Waals surface area (Å²) >= 11 is 11.2. The van der Waals surface area contributed by atoms with Crippen LogP contribution in [0.3, 0.4) is 0 Å². The number of thiocarbonyl (C=S) groups is 1. The second kappa shape index (κ2) is 6.69. The van der Waals surface area contributed by atoms with Crippen molar-refractivity contribution in [3.8, 4) is 0 Å². The van der Waals surface area contributed by atoms with E-state index in [1.807, 2.05) is 24.3 Å². The minimum Gasteiger partial charge on any atom is -0.392 e. The van der Waals surface area contributed by atoms with Gasteiger partial charge in [0, 0.05) is 11.1 Å². The first-order valence-corrected chi connectivity index (χ1v) is 7.65. The average Bonchev–Trinajstić information content (AvgIpc) is 2.42. The molecule has 0 amide bonds. The Balaban J connectivity index is 2.19. The standard InChI is InChI=1S/C15H21ClN2S/c1-18(13-5-3-2-4-6-13)14(15(17)19)11-7-9-12(16)10-8-11/h7-10,13-14H,2-6H2,1H3,(H2,17,19). The normalized spacial score (nSPS) is 18.5. The summed E-state index contributed by atoms with van der Waals surface area (Å²) in [6, 6.07) is 8.43. The van der Waals surface area contributed by atoms with Crippen LogP contribution in [-0.2, 0) is 0 Å². The van der Waals surface area contributed by atoms with Crippen molar-refractivity contribution in [3.05, 3.63) is 34.9 Å². The largest absolute Gasteiger partial charge is 0.392 e. The highest BCUT2D eigenvalue weighted by molar-refractivity contribution is 7.80. The topological polar surface area (TPSA) is 29.3 Å². The van der Waals surface area contributed by atoms with E-state index >= 15 is 0 Å². The molecule has 0 radical (unpaired) electrons. The lowest BCUT2D eigenvalue weighted by atomic mass is 9.92. The Bertz CT molecular complexity index is 426. The molecule has 0 bridgehead atoms. The predicted molar refractivity (Wildman–Crippen MR) is 85.6 cm³/mol. The van der Waals surface area contributed by atoms with E-state index in [1.165, 1.54) is 32.1 Å². The minimum absolute atomic E-state index is 0.00960. The van der Waals surface area contributed by atoms with Crippen molar-refractivity contribution in [2.24, 2.45) is 5.73 Å². The van der Waals surface area contributed by atoms with Crippen LogP contribution >= 0.6 is 23.8 Å². The van der Waals surface area contributed by atoms with Crippen molar-refractivity contribution in [1.29, 1.82) is 0 Å². The smallest absolute Gasteiger partial charge is 0.0948 e. The molecule has 1 atom stereocenters. The lowest BCUT2D eigenvalue weighted by Crippen LogP contribution is -2.41. The van der Waals surface area contributed by atoms with Crippen molar-refractivity contribution in [1.82, 2.24) is 4.90 Å². The third-order valence-corrected chi connectivity index (χ3v) is 4.49. The molecule has 1 fully saturated rings. The van der Waals surface area contributed by atoms with Gasteiger partial charge in [-0.3, -0.25) is 4.90 Å². The van der Waals surface area contributed by atoms with Gasteiger partial charge in [0.2, 0.25) is 0 Å². The number of nitrogens with zero attached hydrogens (tertiary/aromatic N) is 1. The van der Waals surface area contributed by atoms with Gasteiger partial charge in [0.25, 0.3) is 0 Å². The van der Waals surface area contributed by atoms with Crippen molar-refractivity contribution < 1.29 is 0 Å². The maximum absolute atomic E-state index is 5.97. The summed E-state index contributed by atoms with van der Waals surface area (Å²) < 4.78 is 0. The summed E-state index contributed by atoms with van der Waals surface area (Å²) in [7, 11) is 2.13. The van der Waals surface area contributed by atoms with Gasteiger partial charge in [-0.2, -0.15) is 0 Å². The molecule has 0 saturated heterocycles. The van der Waals surface area contributed by atoms with Gasteiger partial charge in [0.1, 0.15) is 0 Å². The van der Waals surface area contributed by atoms with Gasteiger partial charge in [-0.05, 0) is 37.6 Å². The monoisotopic (exact) mass is 296 g/mol. The number of hydrogen-bond acceptors (Lipinski definition) is 2. The van der Waals surface area contributed by atoms with E-state index in [0.29, 0.717) is 11.0 Å². The quantitative estimate of drug-likeness (QED) is 0.854. The molecule has 0 spiro atoms. The molecule has 0 aliphatic heterocycles. The van der Waals surface area contributed by atoms with Gasteiger partial charge in [-0.15, -0.1) is 0 Å². The molecule has 1 aliphatic rings. The summed E-state index contributed by atoms with van der Waals surface area (Å²) in [5.74, 6) is 0. The molecule has 19 heavy (non-hydrogen) atoms. The predicted octanol–water partition coefficient (Wildman–Crippen LogP) is 3.93. The fourth-order valence-corrected chi connectivity index (χ4v) is 3.37. The highest BCUT2D eigenvalue weighted by Gasteiger charge is 2.27. The number of hydrogen-bond donors (Lipinski definition) is 1. The van der Waals surface area contributed by atoms with Crippen LogP contribution in [0.4, 0.5) is 0 Å². The number of halogens is 1. The van der Waals surface area contributed by atoms with Crippen LogP contribution in [0.1, 0.15) is 43.7 Å². The van der Waals surface area contributed by atoms with E-state index < -0.39 is 0 Å². The van der Waals surface area contributed by atoms with Crippen molar-refractivity contribution in [2.75, 3.05) is 7.05 Å². The van der Waals surface area contributed by atoms with Gasteiger partial charge in [-0.25, -0.2) is 0 Å². The van der Waals surface area contributed by atoms with Crippen molar-refractivity contribution in [2.45, 2.75) is 44.2 Å². The second-order valence-corrected chi connectivity index (χ2v) is 6.22. The highest BCUT2D eigenvalue weighted by Crippen LogP contribution is 2.29. The van der Waals surface area contributed by atoms with E-state index in [1.54, 1.807) is 0 Å². The van der Waals surface area contributed by atoms with Crippen LogP contribution in [0, 0.1) is 0 Å².